The molecule has 2 heterocycles. The molecule has 9 heteroatoms. The number of rotatable bonds is 5. The number of benzene rings is 1. The highest BCUT2D eigenvalue weighted by Gasteiger charge is 2.33. The van der Waals surface area contributed by atoms with Gasteiger partial charge in [0, 0.05) is 12.1 Å². The molecule has 118 valence electrons. The van der Waals surface area contributed by atoms with Crippen LogP contribution in [0, 0.1) is 5.82 Å². The Morgan fingerprint density at radius 1 is 1.41 bits per heavy atom. The van der Waals surface area contributed by atoms with Gasteiger partial charge in [-0.2, -0.15) is 8.68 Å². The van der Waals surface area contributed by atoms with Crippen molar-refractivity contribution in [3.63, 3.8) is 0 Å². The molecule has 1 fully saturated rings. The predicted octanol–water partition coefficient (Wildman–Crippen LogP) is 1.66. The maximum Gasteiger partial charge on any atom is 0.246 e. The van der Waals surface area contributed by atoms with E-state index in [4.69, 9.17) is 4.74 Å². The number of sulfonamides is 1. The molecule has 0 N–H and O–H groups in total. The van der Waals surface area contributed by atoms with Crippen LogP contribution < -0.4 is 4.74 Å². The first kappa shape index (κ1) is 15.3. The Balaban J connectivity index is 1.65. The van der Waals surface area contributed by atoms with Crippen LogP contribution in [0.3, 0.4) is 0 Å². The van der Waals surface area contributed by atoms with Gasteiger partial charge in [-0.3, -0.25) is 0 Å². The molecule has 2 aromatic rings. The summed E-state index contributed by atoms with van der Waals surface area (Å²) in [5, 5.41) is 0. The molecule has 0 unspecified atom stereocenters. The van der Waals surface area contributed by atoms with Crippen molar-refractivity contribution in [3.8, 4) is 5.88 Å². The molecule has 1 atom stereocenters. The van der Waals surface area contributed by atoms with Gasteiger partial charge in [-0.25, -0.2) is 12.8 Å². The van der Waals surface area contributed by atoms with Crippen LogP contribution in [0.4, 0.5) is 4.39 Å². The van der Waals surface area contributed by atoms with Crippen molar-refractivity contribution in [3.05, 3.63) is 41.8 Å². The second kappa shape index (κ2) is 6.27. The van der Waals surface area contributed by atoms with Crippen molar-refractivity contribution >= 4 is 21.8 Å². The largest absolute Gasteiger partial charge is 0.471 e. The maximum atomic E-state index is 13.6. The van der Waals surface area contributed by atoms with E-state index in [9.17, 15) is 12.8 Å². The summed E-state index contributed by atoms with van der Waals surface area (Å²) in [5.41, 5.74) is 0.176. The smallest absolute Gasteiger partial charge is 0.246 e. The minimum absolute atomic E-state index is 0.176. The molecule has 1 aliphatic heterocycles. The standard InChI is InChI=1S/C13H14FN3O3S2/c14-12-4-2-1-3-10(12)9-22(18,19)17-6-5-11(8-17)20-13-7-15-21-16-13/h1-4,7,11H,5-6,8-9H2/t11-/m0/s1. The molecule has 0 bridgehead atoms. The molecule has 1 saturated heterocycles. The van der Waals surface area contributed by atoms with E-state index >= 15 is 0 Å². The molecular weight excluding hydrogens is 329 g/mol. The van der Waals surface area contributed by atoms with Gasteiger partial charge >= 0.3 is 0 Å². The van der Waals surface area contributed by atoms with Gasteiger partial charge in [-0.05, 0) is 12.5 Å². The van der Waals surface area contributed by atoms with E-state index in [-0.39, 0.29) is 24.0 Å². The third-order valence-electron chi connectivity index (χ3n) is 3.43. The number of ether oxygens (including phenoxy) is 1. The van der Waals surface area contributed by atoms with Gasteiger partial charge in [0.05, 0.1) is 24.0 Å². The Morgan fingerprint density at radius 2 is 2.23 bits per heavy atom. The lowest BCUT2D eigenvalue weighted by Crippen LogP contribution is -2.32. The average molecular weight is 343 g/mol. The molecule has 0 aliphatic carbocycles. The minimum atomic E-state index is -3.57. The summed E-state index contributed by atoms with van der Waals surface area (Å²) in [5.74, 6) is -0.444. The lowest BCUT2D eigenvalue weighted by atomic mass is 10.2. The summed E-state index contributed by atoms with van der Waals surface area (Å²) >= 11 is 1.03. The topological polar surface area (TPSA) is 72.4 Å². The van der Waals surface area contributed by atoms with E-state index in [0.29, 0.717) is 18.8 Å². The molecule has 6 nitrogen and oxygen atoms in total. The normalized spacial score (nSPS) is 19.4. The zero-order chi connectivity index (χ0) is 15.6. The number of aromatic nitrogens is 2. The predicted molar refractivity (Wildman–Crippen MR) is 79.5 cm³/mol. The van der Waals surface area contributed by atoms with Gasteiger partial charge < -0.3 is 4.74 Å². The minimum Gasteiger partial charge on any atom is -0.471 e. The second-order valence-electron chi connectivity index (χ2n) is 4.98. The SMILES string of the molecule is O=S(=O)(Cc1ccccc1F)N1CC[C@H](Oc2cnsn2)C1. The second-order valence-corrected chi connectivity index (χ2v) is 7.51. The Bertz CT molecular complexity index is 737. The Kier molecular flexibility index (Phi) is 4.37. The third-order valence-corrected chi connectivity index (χ3v) is 5.68. The zero-order valence-electron chi connectivity index (χ0n) is 11.6. The summed E-state index contributed by atoms with van der Waals surface area (Å²) in [6, 6.07) is 5.90. The molecule has 0 saturated carbocycles. The molecule has 0 radical (unpaired) electrons. The van der Waals surface area contributed by atoms with E-state index in [1.807, 2.05) is 0 Å². The van der Waals surface area contributed by atoms with E-state index < -0.39 is 15.8 Å². The fraction of sp³-hybridized carbons (Fsp3) is 0.385. The van der Waals surface area contributed by atoms with Crippen LogP contribution in [0.1, 0.15) is 12.0 Å². The summed E-state index contributed by atoms with van der Waals surface area (Å²) < 4.78 is 53.0. The number of halogens is 1. The quantitative estimate of drug-likeness (QED) is 0.826. The number of nitrogens with zero attached hydrogens (tertiary/aromatic N) is 3. The van der Waals surface area contributed by atoms with Gasteiger partial charge in [-0.1, -0.05) is 18.2 Å². The van der Waals surface area contributed by atoms with Crippen LogP contribution in [0.2, 0.25) is 0 Å². The van der Waals surface area contributed by atoms with Crippen LogP contribution >= 0.6 is 11.7 Å². The highest BCUT2D eigenvalue weighted by Crippen LogP contribution is 2.22. The van der Waals surface area contributed by atoms with Gasteiger partial charge in [0.2, 0.25) is 15.9 Å². The monoisotopic (exact) mass is 343 g/mol. The van der Waals surface area contributed by atoms with Gasteiger partial charge in [0.25, 0.3) is 0 Å². The van der Waals surface area contributed by atoms with E-state index in [0.717, 1.165) is 11.7 Å². The molecule has 22 heavy (non-hydrogen) atoms. The van der Waals surface area contributed by atoms with Crippen molar-refractivity contribution < 1.29 is 17.5 Å². The van der Waals surface area contributed by atoms with Crippen molar-refractivity contribution in [1.29, 1.82) is 0 Å². The highest BCUT2D eigenvalue weighted by atomic mass is 32.2. The van der Waals surface area contributed by atoms with E-state index in [1.54, 1.807) is 6.07 Å². The van der Waals surface area contributed by atoms with Crippen LogP contribution in [-0.4, -0.2) is 40.7 Å². The molecule has 1 aromatic carbocycles. The maximum absolute atomic E-state index is 13.6. The third kappa shape index (κ3) is 3.42. The van der Waals surface area contributed by atoms with Crippen LogP contribution in [0.5, 0.6) is 5.88 Å². The average Bonchev–Trinajstić information content (AvgIpc) is 3.14. The Labute approximate surface area is 131 Å². The molecule has 0 spiro atoms. The molecule has 3 rings (SSSR count). The van der Waals surface area contributed by atoms with E-state index in [2.05, 4.69) is 8.75 Å². The first-order valence-electron chi connectivity index (χ1n) is 6.70. The zero-order valence-corrected chi connectivity index (χ0v) is 13.2. The van der Waals surface area contributed by atoms with Crippen LogP contribution in [-0.2, 0) is 15.8 Å². The highest BCUT2D eigenvalue weighted by molar-refractivity contribution is 7.88. The Hall–Kier alpha value is -1.58. The summed E-state index contributed by atoms with van der Waals surface area (Å²) in [7, 11) is -3.57. The van der Waals surface area contributed by atoms with Gasteiger partial charge in [-0.15, -0.1) is 4.37 Å². The molecule has 1 aliphatic rings. The van der Waals surface area contributed by atoms with Gasteiger partial charge in [0.1, 0.15) is 18.1 Å². The first-order valence-corrected chi connectivity index (χ1v) is 9.04. The van der Waals surface area contributed by atoms with Crippen molar-refractivity contribution in [1.82, 2.24) is 13.1 Å². The lowest BCUT2D eigenvalue weighted by Gasteiger charge is -2.16. The fourth-order valence-corrected chi connectivity index (χ4v) is 4.27. The summed E-state index contributed by atoms with van der Waals surface area (Å²) in [6.07, 6.45) is 1.83. The van der Waals surface area contributed by atoms with Crippen molar-refractivity contribution in [2.45, 2.75) is 18.3 Å². The molecule has 1 aromatic heterocycles. The fourth-order valence-electron chi connectivity index (χ4n) is 2.33. The summed E-state index contributed by atoms with van der Waals surface area (Å²) in [6.45, 7) is 0.604. The summed E-state index contributed by atoms with van der Waals surface area (Å²) in [4.78, 5) is 0. The van der Waals surface area contributed by atoms with E-state index in [1.165, 1.54) is 28.7 Å². The van der Waals surface area contributed by atoms with Gasteiger partial charge in [0.15, 0.2) is 0 Å². The van der Waals surface area contributed by atoms with Crippen LogP contribution in [0.25, 0.3) is 0 Å². The first-order chi connectivity index (χ1) is 10.5. The van der Waals surface area contributed by atoms with Crippen molar-refractivity contribution in [2.24, 2.45) is 0 Å². The molecule has 0 amide bonds. The van der Waals surface area contributed by atoms with Crippen LogP contribution in [0.15, 0.2) is 30.5 Å². The Morgan fingerprint density at radius 3 is 2.95 bits per heavy atom. The lowest BCUT2D eigenvalue weighted by molar-refractivity contribution is 0.208. The number of hydrogen-bond donors (Lipinski definition) is 0. The number of hydrogen-bond acceptors (Lipinski definition) is 6. The van der Waals surface area contributed by atoms with Crippen molar-refractivity contribution in [2.75, 3.05) is 13.1 Å². The molecular formula is C13H14FN3O3S2.